The fraction of sp³-hybridized carbons (Fsp3) is 0.742. The van der Waals surface area contributed by atoms with Gasteiger partial charge in [-0.25, -0.2) is 0 Å². The van der Waals surface area contributed by atoms with E-state index in [1.807, 2.05) is 6.08 Å². The topological polar surface area (TPSA) is 149 Å². The van der Waals surface area contributed by atoms with Gasteiger partial charge in [-0.05, 0) is 89.9 Å². The van der Waals surface area contributed by atoms with Gasteiger partial charge in [0.05, 0.1) is 25.4 Å². The van der Waals surface area contributed by atoms with Crippen molar-refractivity contribution >= 4 is 5.91 Å². The highest BCUT2D eigenvalue weighted by atomic mass is 16.7. The number of aliphatic hydroxyl groups is 5. The lowest BCUT2D eigenvalue weighted by Gasteiger charge is -2.40. The number of hydrogen-bond acceptors (Lipinski definition) is 8. The Morgan fingerprint density at radius 1 is 0.467 bits per heavy atom. The van der Waals surface area contributed by atoms with Gasteiger partial charge in [0, 0.05) is 6.42 Å². The van der Waals surface area contributed by atoms with Crippen LogP contribution in [-0.4, -0.2) is 87.5 Å². The predicted molar refractivity (Wildman–Crippen MR) is 318 cm³/mol. The van der Waals surface area contributed by atoms with Crippen LogP contribution in [-0.2, 0) is 14.3 Å². The van der Waals surface area contributed by atoms with E-state index in [2.05, 4.69) is 104 Å². The Bertz CT molecular complexity index is 1500. The van der Waals surface area contributed by atoms with Crippen LogP contribution < -0.4 is 5.32 Å². The molecule has 6 N–H and O–H groups in total. The molecule has 0 radical (unpaired) electrons. The van der Waals surface area contributed by atoms with Crippen LogP contribution in [0.1, 0.15) is 258 Å². The quantitative estimate of drug-likeness (QED) is 0.0261. The largest absolute Gasteiger partial charge is 0.394 e. The Morgan fingerprint density at radius 2 is 0.840 bits per heavy atom. The number of rotatable bonds is 52. The summed E-state index contributed by atoms with van der Waals surface area (Å²) < 4.78 is 11.3. The summed E-state index contributed by atoms with van der Waals surface area (Å²) in [7, 11) is 0. The second-order valence-electron chi connectivity index (χ2n) is 21.1. The molecule has 1 fully saturated rings. The van der Waals surface area contributed by atoms with E-state index >= 15 is 0 Å². The van der Waals surface area contributed by atoms with Gasteiger partial charge in [-0.1, -0.05) is 259 Å². The second-order valence-corrected chi connectivity index (χ2v) is 21.1. The first-order chi connectivity index (χ1) is 36.8. The zero-order chi connectivity index (χ0) is 54.3. The van der Waals surface area contributed by atoms with E-state index < -0.39 is 49.5 Å². The summed E-state index contributed by atoms with van der Waals surface area (Å²) in [5.41, 5.74) is 0. The van der Waals surface area contributed by atoms with Gasteiger partial charge in [0.2, 0.25) is 5.91 Å². The second kappa shape index (κ2) is 54.5. The van der Waals surface area contributed by atoms with Crippen LogP contribution in [0.5, 0.6) is 0 Å². The average molecular weight is 1050 g/mol. The Morgan fingerprint density at radius 3 is 1.28 bits per heavy atom. The Balaban J connectivity index is 2.18. The van der Waals surface area contributed by atoms with Gasteiger partial charge < -0.3 is 40.3 Å². The van der Waals surface area contributed by atoms with Crippen LogP contribution in [0.15, 0.2) is 97.2 Å². The number of amides is 1. The maximum atomic E-state index is 13.1. The van der Waals surface area contributed by atoms with Crippen molar-refractivity contribution in [3.63, 3.8) is 0 Å². The van der Waals surface area contributed by atoms with Crippen LogP contribution in [0.4, 0.5) is 0 Å². The normalized spacial score (nSPS) is 19.6. The van der Waals surface area contributed by atoms with Crippen LogP contribution in [0, 0.1) is 0 Å². The van der Waals surface area contributed by atoms with Crippen molar-refractivity contribution in [2.45, 2.75) is 301 Å². The molecule has 1 saturated heterocycles. The van der Waals surface area contributed by atoms with Crippen molar-refractivity contribution in [2.75, 3.05) is 13.2 Å². The third kappa shape index (κ3) is 43.7. The number of allylic oxidation sites excluding steroid dienone is 15. The predicted octanol–water partition coefficient (Wildman–Crippen LogP) is 16.0. The maximum absolute atomic E-state index is 13.1. The summed E-state index contributed by atoms with van der Waals surface area (Å²) in [5.74, 6) is -0.192. The molecule has 0 aromatic carbocycles. The number of nitrogens with one attached hydrogen (secondary N) is 1. The molecule has 1 amide bonds. The molecule has 1 aliphatic rings. The standard InChI is InChI=1S/C66H115NO8/c1-3-5-7-9-11-13-15-17-19-21-23-24-25-26-27-28-29-30-31-32-33-34-35-36-38-40-42-44-46-48-50-52-54-56-62(70)67-59(58-74-66-65(73)64(72)63(71)61(57-68)75-66)60(69)55-53-51-49-47-45-43-41-39-37-22-20-18-16-14-12-10-8-6-4-2/h5,7,11,13,17,19,23-24,26-27,37,39,45,47,53,55,59-61,63-66,68-69,71-73H,3-4,6,8-10,12,14-16,18,20-22,25,28-36,38,40-44,46,48-52,54,56-58H2,1-2H3,(H,67,70)/b7-5-,13-11-,19-17-,24-23-,27-26-,39-37+,47-45+,55-53+. The maximum Gasteiger partial charge on any atom is 0.220 e. The Labute approximate surface area is 460 Å². The SMILES string of the molecule is CC/C=C\C/C=C\C/C=C\C/C=C\C/C=C\CCCCCCCCCCCCCCCCCCCC(=O)NC(COC1OC(CO)C(O)C(O)C1O)C(O)/C=C/CC/C=C/CC/C=C/CCCCCCCCCCC. The molecule has 0 saturated carbocycles. The van der Waals surface area contributed by atoms with Crippen molar-refractivity contribution in [2.24, 2.45) is 0 Å². The molecule has 0 aliphatic carbocycles. The number of carbonyl (C=O) groups excluding carboxylic acids is 1. The zero-order valence-corrected chi connectivity index (χ0v) is 48.0. The number of ether oxygens (including phenoxy) is 2. The smallest absolute Gasteiger partial charge is 0.220 e. The molecule has 1 heterocycles. The van der Waals surface area contributed by atoms with Crippen LogP contribution in [0.2, 0.25) is 0 Å². The van der Waals surface area contributed by atoms with Crippen molar-refractivity contribution < 1.29 is 39.8 Å². The van der Waals surface area contributed by atoms with E-state index in [1.54, 1.807) is 6.08 Å². The van der Waals surface area contributed by atoms with Gasteiger partial charge in [-0.3, -0.25) is 4.79 Å². The molecular formula is C66H115NO8. The minimum Gasteiger partial charge on any atom is -0.394 e. The molecule has 0 bridgehead atoms. The van der Waals surface area contributed by atoms with Gasteiger partial charge in [0.15, 0.2) is 6.29 Å². The summed E-state index contributed by atoms with van der Waals surface area (Å²) in [6, 6.07) is -0.833. The molecule has 432 valence electrons. The molecule has 7 unspecified atom stereocenters. The van der Waals surface area contributed by atoms with Crippen LogP contribution in [0.25, 0.3) is 0 Å². The minimum atomic E-state index is -1.58. The van der Waals surface area contributed by atoms with E-state index in [0.717, 1.165) is 77.0 Å². The van der Waals surface area contributed by atoms with Gasteiger partial charge in [-0.15, -0.1) is 0 Å². The highest BCUT2D eigenvalue weighted by Crippen LogP contribution is 2.23. The lowest BCUT2D eigenvalue weighted by atomic mass is 9.99. The summed E-state index contributed by atoms with van der Waals surface area (Å²) in [6.07, 6.45) is 72.0. The van der Waals surface area contributed by atoms with E-state index in [-0.39, 0.29) is 12.5 Å². The molecule has 9 nitrogen and oxygen atoms in total. The summed E-state index contributed by atoms with van der Waals surface area (Å²) in [4.78, 5) is 13.1. The van der Waals surface area contributed by atoms with Crippen molar-refractivity contribution in [1.82, 2.24) is 5.32 Å². The summed E-state index contributed by atoms with van der Waals surface area (Å²) in [5, 5.41) is 54.5. The summed E-state index contributed by atoms with van der Waals surface area (Å²) >= 11 is 0. The lowest BCUT2D eigenvalue weighted by Crippen LogP contribution is -2.60. The first kappa shape index (κ1) is 70.1. The Hall–Kier alpha value is -2.89. The lowest BCUT2D eigenvalue weighted by molar-refractivity contribution is -0.302. The molecule has 1 aliphatic heterocycles. The zero-order valence-electron chi connectivity index (χ0n) is 48.0. The van der Waals surface area contributed by atoms with Crippen LogP contribution >= 0.6 is 0 Å². The molecule has 7 atom stereocenters. The molecule has 1 rings (SSSR count). The molecule has 0 aromatic rings. The molecule has 75 heavy (non-hydrogen) atoms. The fourth-order valence-electron chi connectivity index (χ4n) is 9.28. The van der Waals surface area contributed by atoms with Gasteiger partial charge >= 0.3 is 0 Å². The third-order valence-electron chi connectivity index (χ3n) is 14.1. The molecule has 0 aromatic heterocycles. The van der Waals surface area contributed by atoms with Gasteiger partial charge in [0.25, 0.3) is 0 Å². The number of unbranched alkanes of at least 4 members (excludes halogenated alkanes) is 28. The minimum absolute atomic E-state index is 0.192. The van der Waals surface area contributed by atoms with E-state index in [0.29, 0.717) is 6.42 Å². The van der Waals surface area contributed by atoms with Crippen molar-refractivity contribution in [1.29, 1.82) is 0 Å². The van der Waals surface area contributed by atoms with Crippen molar-refractivity contribution in [3.05, 3.63) is 97.2 Å². The average Bonchev–Trinajstić information content (AvgIpc) is 3.41. The van der Waals surface area contributed by atoms with Gasteiger partial charge in [-0.2, -0.15) is 0 Å². The van der Waals surface area contributed by atoms with Crippen LogP contribution in [0.3, 0.4) is 0 Å². The number of hydrogen-bond donors (Lipinski definition) is 6. The summed E-state index contributed by atoms with van der Waals surface area (Å²) in [6.45, 7) is 3.65. The highest BCUT2D eigenvalue weighted by Gasteiger charge is 2.44. The van der Waals surface area contributed by atoms with Gasteiger partial charge in [0.1, 0.15) is 24.4 Å². The monoisotopic (exact) mass is 1050 g/mol. The molecule has 9 heteroatoms. The molecular weight excluding hydrogens is 935 g/mol. The number of aliphatic hydroxyl groups excluding tert-OH is 5. The Kier molecular flexibility index (Phi) is 50.9. The van der Waals surface area contributed by atoms with E-state index in [4.69, 9.17) is 9.47 Å². The number of carbonyl (C=O) groups is 1. The fourth-order valence-corrected chi connectivity index (χ4v) is 9.28. The molecule has 0 spiro atoms. The highest BCUT2D eigenvalue weighted by molar-refractivity contribution is 5.76. The first-order valence-corrected chi connectivity index (χ1v) is 31.0. The first-order valence-electron chi connectivity index (χ1n) is 31.0. The third-order valence-corrected chi connectivity index (χ3v) is 14.1. The van der Waals surface area contributed by atoms with Crippen molar-refractivity contribution in [3.8, 4) is 0 Å². The van der Waals surface area contributed by atoms with E-state index in [9.17, 15) is 30.3 Å². The van der Waals surface area contributed by atoms with E-state index in [1.165, 1.54) is 161 Å².